The van der Waals surface area contributed by atoms with E-state index in [9.17, 15) is 4.79 Å². The van der Waals surface area contributed by atoms with Crippen molar-refractivity contribution in [1.82, 2.24) is 5.32 Å². The predicted octanol–water partition coefficient (Wildman–Crippen LogP) is 3.64. The Hall–Kier alpha value is -2.60. The lowest BCUT2D eigenvalue weighted by Crippen LogP contribution is -2.25. The minimum absolute atomic E-state index is 0.0229. The minimum Gasteiger partial charge on any atom is -0.494 e. The molecule has 0 spiro atoms. The van der Waals surface area contributed by atoms with Gasteiger partial charge in [0, 0.05) is 0 Å². The normalized spacial score (nSPS) is 18.4. The number of ether oxygens (including phenoxy) is 1. The highest BCUT2D eigenvalue weighted by Crippen LogP contribution is 2.23. The summed E-state index contributed by atoms with van der Waals surface area (Å²) < 4.78 is 5.55. The van der Waals surface area contributed by atoms with Crippen molar-refractivity contribution in [3.8, 4) is 5.75 Å². The molecule has 1 fully saturated rings. The van der Waals surface area contributed by atoms with Crippen LogP contribution in [0, 0.1) is 0 Å². The van der Waals surface area contributed by atoms with E-state index in [1.54, 1.807) is 6.21 Å². The maximum Gasteiger partial charge on any atom is 0.239 e. The molecular formula is C20H21N3O2S. The van der Waals surface area contributed by atoms with Gasteiger partial charge in [-0.1, -0.05) is 49.0 Å². The Morgan fingerprint density at radius 1 is 1.15 bits per heavy atom. The summed E-state index contributed by atoms with van der Waals surface area (Å²) in [5.41, 5.74) is 2.06. The first kappa shape index (κ1) is 18.2. The molecule has 0 bridgehead atoms. The third-order valence-electron chi connectivity index (χ3n) is 3.75. The van der Waals surface area contributed by atoms with Crippen molar-refractivity contribution in [3.05, 3.63) is 65.7 Å². The van der Waals surface area contributed by atoms with E-state index in [-0.39, 0.29) is 11.2 Å². The van der Waals surface area contributed by atoms with Crippen molar-refractivity contribution >= 4 is 29.1 Å². The molecule has 0 radical (unpaired) electrons. The van der Waals surface area contributed by atoms with Crippen LogP contribution in [0.15, 0.2) is 64.8 Å². The second kappa shape index (κ2) is 9.20. The summed E-state index contributed by atoms with van der Waals surface area (Å²) in [5, 5.41) is 11.4. The first-order valence-electron chi connectivity index (χ1n) is 8.60. The summed E-state index contributed by atoms with van der Waals surface area (Å²) in [7, 11) is 0. The lowest BCUT2D eigenvalue weighted by atomic mass is 10.1. The van der Waals surface area contributed by atoms with Gasteiger partial charge in [0.05, 0.1) is 18.1 Å². The quantitative estimate of drug-likeness (QED) is 0.600. The molecule has 2 aromatic carbocycles. The molecule has 1 saturated heterocycles. The standard InChI is InChI=1S/C20H21N3O2S/c1-2-12-25-17-10-8-16(9-11-17)14-21-23-20-22-19(24)18(26-20)13-15-6-4-3-5-7-15/h3-11,14,18H,2,12-13H2,1H3,(H,22,23,24)/b21-14-/t18-/m0/s1. The first-order chi connectivity index (χ1) is 12.7. The molecule has 1 aliphatic rings. The summed E-state index contributed by atoms with van der Waals surface area (Å²) >= 11 is 1.42. The first-order valence-corrected chi connectivity index (χ1v) is 9.48. The van der Waals surface area contributed by atoms with Crippen LogP contribution >= 0.6 is 11.8 Å². The zero-order valence-electron chi connectivity index (χ0n) is 14.6. The van der Waals surface area contributed by atoms with Crippen molar-refractivity contribution in [2.75, 3.05) is 6.61 Å². The van der Waals surface area contributed by atoms with Crippen LogP contribution in [0.2, 0.25) is 0 Å². The van der Waals surface area contributed by atoms with Crippen LogP contribution in [-0.2, 0) is 11.2 Å². The van der Waals surface area contributed by atoms with E-state index < -0.39 is 0 Å². The van der Waals surface area contributed by atoms with E-state index in [4.69, 9.17) is 4.74 Å². The maximum atomic E-state index is 12.1. The SMILES string of the molecule is CCCOc1ccc(/C=N\N=C2/NC(=O)[C@H](Cc3ccccc3)S2)cc1. The summed E-state index contributed by atoms with van der Waals surface area (Å²) in [5.74, 6) is 0.822. The Morgan fingerprint density at radius 2 is 1.92 bits per heavy atom. The number of amidine groups is 1. The smallest absolute Gasteiger partial charge is 0.239 e. The van der Waals surface area contributed by atoms with Gasteiger partial charge in [-0.2, -0.15) is 5.10 Å². The summed E-state index contributed by atoms with van der Waals surface area (Å²) in [6.45, 7) is 2.78. The van der Waals surface area contributed by atoms with E-state index >= 15 is 0 Å². The van der Waals surface area contributed by atoms with Crippen LogP contribution in [0.25, 0.3) is 0 Å². The van der Waals surface area contributed by atoms with Crippen LogP contribution in [0.3, 0.4) is 0 Å². The van der Waals surface area contributed by atoms with Crippen LogP contribution in [-0.4, -0.2) is 29.1 Å². The molecule has 1 amide bonds. The molecule has 0 aliphatic carbocycles. The van der Waals surface area contributed by atoms with Crippen LogP contribution in [0.5, 0.6) is 5.75 Å². The van der Waals surface area contributed by atoms with Gasteiger partial charge in [-0.15, -0.1) is 5.10 Å². The molecular weight excluding hydrogens is 346 g/mol. The minimum atomic E-state index is -0.165. The molecule has 1 heterocycles. The zero-order valence-corrected chi connectivity index (χ0v) is 15.4. The van der Waals surface area contributed by atoms with E-state index in [0.717, 1.165) is 23.3 Å². The lowest BCUT2D eigenvalue weighted by molar-refractivity contribution is -0.118. The monoisotopic (exact) mass is 367 g/mol. The fourth-order valence-electron chi connectivity index (χ4n) is 2.43. The van der Waals surface area contributed by atoms with Crippen molar-refractivity contribution in [1.29, 1.82) is 0 Å². The molecule has 0 saturated carbocycles. The van der Waals surface area contributed by atoms with Crippen molar-refractivity contribution < 1.29 is 9.53 Å². The summed E-state index contributed by atoms with van der Waals surface area (Å²) in [6.07, 6.45) is 3.32. The number of nitrogens with one attached hydrogen (secondary N) is 1. The molecule has 3 rings (SSSR count). The average Bonchev–Trinajstić information content (AvgIpc) is 3.01. The number of rotatable bonds is 7. The molecule has 1 atom stereocenters. The largest absolute Gasteiger partial charge is 0.494 e. The van der Waals surface area contributed by atoms with Crippen LogP contribution < -0.4 is 10.1 Å². The molecule has 0 unspecified atom stereocenters. The Morgan fingerprint density at radius 3 is 2.65 bits per heavy atom. The fraction of sp³-hybridized carbons (Fsp3) is 0.250. The van der Waals surface area contributed by atoms with Crippen molar-refractivity contribution in [3.63, 3.8) is 0 Å². The number of thioether (sulfide) groups is 1. The number of hydrogen-bond acceptors (Lipinski definition) is 5. The average molecular weight is 367 g/mol. The van der Waals surface area contributed by atoms with Crippen LogP contribution in [0.4, 0.5) is 0 Å². The topological polar surface area (TPSA) is 63.1 Å². The van der Waals surface area contributed by atoms with E-state index in [1.807, 2.05) is 54.6 Å². The van der Waals surface area contributed by atoms with Gasteiger partial charge in [-0.05, 0) is 48.2 Å². The molecule has 6 heteroatoms. The third kappa shape index (κ3) is 5.20. The Bertz CT molecular complexity index is 788. The number of carbonyl (C=O) groups is 1. The lowest BCUT2D eigenvalue weighted by Gasteiger charge is -2.04. The molecule has 0 aromatic heterocycles. The molecule has 2 aromatic rings. The van der Waals surface area contributed by atoms with Gasteiger partial charge in [0.15, 0.2) is 5.17 Å². The number of nitrogens with zero attached hydrogens (tertiary/aromatic N) is 2. The second-order valence-electron chi connectivity index (χ2n) is 5.85. The Kier molecular flexibility index (Phi) is 6.44. The van der Waals surface area contributed by atoms with Crippen molar-refractivity contribution in [2.45, 2.75) is 25.0 Å². The summed E-state index contributed by atoms with van der Waals surface area (Å²) in [6, 6.07) is 17.6. The van der Waals surface area contributed by atoms with Gasteiger partial charge in [0.25, 0.3) is 0 Å². The zero-order chi connectivity index (χ0) is 18.2. The van der Waals surface area contributed by atoms with Crippen LogP contribution in [0.1, 0.15) is 24.5 Å². The number of benzene rings is 2. The highest BCUT2D eigenvalue weighted by Gasteiger charge is 2.30. The Labute approximate surface area is 157 Å². The second-order valence-corrected chi connectivity index (χ2v) is 7.04. The molecule has 1 aliphatic heterocycles. The fourth-order valence-corrected chi connectivity index (χ4v) is 3.40. The third-order valence-corrected chi connectivity index (χ3v) is 4.82. The predicted molar refractivity (Wildman–Crippen MR) is 107 cm³/mol. The highest BCUT2D eigenvalue weighted by atomic mass is 32.2. The van der Waals surface area contributed by atoms with Gasteiger partial charge in [0.2, 0.25) is 5.91 Å². The van der Waals surface area contributed by atoms with Gasteiger partial charge in [0.1, 0.15) is 5.75 Å². The number of amides is 1. The summed E-state index contributed by atoms with van der Waals surface area (Å²) in [4.78, 5) is 12.1. The van der Waals surface area contributed by atoms with Gasteiger partial charge in [-0.25, -0.2) is 0 Å². The van der Waals surface area contributed by atoms with Crippen molar-refractivity contribution in [2.24, 2.45) is 10.2 Å². The highest BCUT2D eigenvalue weighted by molar-refractivity contribution is 8.15. The molecule has 5 nitrogen and oxygen atoms in total. The van der Waals surface area contributed by atoms with E-state index in [0.29, 0.717) is 18.2 Å². The maximum absolute atomic E-state index is 12.1. The molecule has 1 N–H and O–H groups in total. The Balaban J connectivity index is 1.55. The van der Waals surface area contributed by atoms with Gasteiger partial charge >= 0.3 is 0 Å². The molecule has 26 heavy (non-hydrogen) atoms. The van der Waals surface area contributed by atoms with E-state index in [2.05, 4.69) is 22.4 Å². The number of hydrogen-bond donors (Lipinski definition) is 1. The number of carbonyl (C=O) groups excluding carboxylic acids is 1. The van der Waals surface area contributed by atoms with E-state index in [1.165, 1.54) is 11.8 Å². The molecule has 134 valence electrons. The van der Waals surface area contributed by atoms with Gasteiger partial charge in [-0.3, -0.25) is 4.79 Å². The van der Waals surface area contributed by atoms with Gasteiger partial charge < -0.3 is 10.1 Å².